The zero-order valence-electron chi connectivity index (χ0n) is 15.3. The minimum atomic E-state index is -0.617. The molecule has 22 heavy (non-hydrogen) atoms. The molecule has 0 aliphatic rings. The summed E-state index contributed by atoms with van der Waals surface area (Å²) in [6, 6.07) is 0. The summed E-state index contributed by atoms with van der Waals surface area (Å²) >= 11 is 0. The van der Waals surface area contributed by atoms with Gasteiger partial charge in [-0.1, -0.05) is 60.8 Å². The van der Waals surface area contributed by atoms with E-state index in [1.54, 1.807) is 13.8 Å². The zero-order valence-corrected chi connectivity index (χ0v) is 15.3. The van der Waals surface area contributed by atoms with Gasteiger partial charge in [-0.2, -0.15) is 0 Å². The van der Waals surface area contributed by atoms with Crippen molar-refractivity contribution < 1.29 is 19.7 Å². The van der Waals surface area contributed by atoms with E-state index in [2.05, 4.69) is 6.92 Å². The van der Waals surface area contributed by atoms with Crippen molar-refractivity contribution >= 4 is 5.97 Å². The number of esters is 1. The number of aliphatic hydroxyl groups is 2. The second-order valence-corrected chi connectivity index (χ2v) is 7.56. The lowest BCUT2D eigenvalue weighted by Crippen LogP contribution is -2.40. The SMILES string of the molecule is CCCCCC(O)CC(C)C(O)C(C)(C)COC(=O)C(C)C. The highest BCUT2D eigenvalue weighted by atomic mass is 16.5. The molecule has 0 saturated carbocycles. The van der Waals surface area contributed by atoms with Crippen molar-refractivity contribution in [2.75, 3.05) is 6.61 Å². The Labute approximate surface area is 136 Å². The van der Waals surface area contributed by atoms with Crippen LogP contribution in [0.1, 0.15) is 73.6 Å². The van der Waals surface area contributed by atoms with Crippen LogP contribution in [0.4, 0.5) is 0 Å². The second-order valence-electron chi connectivity index (χ2n) is 7.56. The standard InChI is InChI=1S/C18H36O4/c1-7-8-9-10-15(19)11-14(4)16(20)18(5,6)12-22-17(21)13(2)3/h13-16,19-20H,7-12H2,1-6H3. The highest BCUT2D eigenvalue weighted by Gasteiger charge is 2.34. The maximum Gasteiger partial charge on any atom is 0.308 e. The largest absolute Gasteiger partial charge is 0.465 e. The van der Waals surface area contributed by atoms with Crippen molar-refractivity contribution in [3.8, 4) is 0 Å². The molecule has 0 spiro atoms. The van der Waals surface area contributed by atoms with E-state index in [-0.39, 0.29) is 30.5 Å². The zero-order chi connectivity index (χ0) is 17.3. The molecule has 0 aromatic heterocycles. The summed E-state index contributed by atoms with van der Waals surface area (Å²) in [6.07, 6.45) is 3.67. The smallest absolute Gasteiger partial charge is 0.308 e. The Morgan fingerprint density at radius 1 is 1.14 bits per heavy atom. The number of hydrogen-bond donors (Lipinski definition) is 2. The Bertz CT molecular complexity index is 312. The molecule has 0 fully saturated rings. The summed E-state index contributed by atoms with van der Waals surface area (Å²) in [5, 5.41) is 20.6. The van der Waals surface area contributed by atoms with Crippen LogP contribution in [0.25, 0.3) is 0 Å². The summed E-state index contributed by atoms with van der Waals surface area (Å²) < 4.78 is 5.26. The Kier molecular flexibility index (Phi) is 9.94. The van der Waals surface area contributed by atoms with Crippen LogP contribution in [0.3, 0.4) is 0 Å². The molecule has 4 heteroatoms. The molecule has 0 bridgehead atoms. The fourth-order valence-corrected chi connectivity index (χ4v) is 2.59. The van der Waals surface area contributed by atoms with E-state index in [0.29, 0.717) is 6.42 Å². The number of hydrogen-bond acceptors (Lipinski definition) is 4. The summed E-state index contributed by atoms with van der Waals surface area (Å²) in [6.45, 7) is 11.7. The van der Waals surface area contributed by atoms with Crippen molar-refractivity contribution in [2.45, 2.75) is 85.9 Å². The molecule has 0 aromatic carbocycles. The normalized spacial score (nSPS) is 16.4. The van der Waals surface area contributed by atoms with Crippen LogP contribution in [0.5, 0.6) is 0 Å². The highest BCUT2D eigenvalue weighted by molar-refractivity contribution is 5.71. The van der Waals surface area contributed by atoms with E-state index < -0.39 is 11.5 Å². The van der Waals surface area contributed by atoms with Gasteiger partial charge in [0.25, 0.3) is 0 Å². The van der Waals surface area contributed by atoms with Gasteiger partial charge in [-0.25, -0.2) is 0 Å². The third-order valence-corrected chi connectivity index (χ3v) is 4.18. The van der Waals surface area contributed by atoms with Crippen LogP contribution in [0.15, 0.2) is 0 Å². The van der Waals surface area contributed by atoms with Crippen LogP contribution in [-0.4, -0.2) is 35.0 Å². The number of carbonyl (C=O) groups excluding carboxylic acids is 1. The van der Waals surface area contributed by atoms with Crippen LogP contribution in [0.2, 0.25) is 0 Å². The third-order valence-electron chi connectivity index (χ3n) is 4.18. The van der Waals surface area contributed by atoms with Gasteiger partial charge in [-0.15, -0.1) is 0 Å². The number of aliphatic hydroxyl groups excluding tert-OH is 2. The lowest BCUT2D eigenvalue weighted by Gasteiger charge is -2.35. The van der Waals surface area contributed by atoms with Crippen molar-refractivity contribution in [1.29, 1.82) is 0 Å². The molecule has 0 aromatic rings. The summed E-state index contributed by atoms with van der Waals surface area (Å²) in [5.41, 5.74) is -0.521. The first kappa shape index (κ1) is 21.4. The molecule has 2 N–H and O–H groups in total. The van der Waals surface area contributed by atoms with Gasteiger partial charge in [0.05, 0.1) is 24.7 Å². The van der Waals surface area contributed by atoms with Gasteiger partial charge in [-0.3, -0.25) is 4.79 Å². The van der Waals surface area contributed by atoms with E-state index in [4.69, 9.17) is 4.74 Å². The molecular formula is C18H36O4. The van der Waals surface area contributed by atoms with E-state index in [1.165, 1.54) is 0 Å². The molecule has 0 radical (unpaired) electrons. The summed E-state index contributed by atoms with van der Waals surface area (Å²) in [4.78, 5) is 11.6. The lowest BCUT2D eigenvalue weighted by atomic mass is 9.78. The predicted octanol–water partition coefficient (Wildman–Crippen LogP) is 3.54. The van der Waals surface area contributed by atoms with Gasteiger partial charge >= 0.3 is 5.97 Å². The first-order valence-electron chi connectivity index (χ1n) is 8.64. The first-order chi connectivity index (χ1) is 10.1. The number of ether oxygens (including phenoxy) is 1. The minimum absolute atomic E-state index is 0.0376. The summed E-state index contributed by atoms with van der Waals surface area (Å²) in [5.74, 6) is -0.442. The Morgan fingerprint density at radius 3 is 2.23 bits per heavy atom. The van der Waals surface area contributed by atoms with Crippen molar-refractivity contribution in [3.63, 3.8) is 0 Å². The number of unbranched alkanes of at least 4 members (excludes halogenated alkanes) is 2. The van der Waals surface area contributed by atoms with Gasteiger partial charge in [0.1, 0.15) is 0 Å². The molecule has 0 amide bonds. The molecule has 0 saturated heterocycles. The molecule has 0 aliphatic heterocycles. The van der Waals surface area contributed by atoms with Gasteiger partial charge in [0.2, 0.25) is 0 Å². The van der Waals surface area contributed by atoms with Gasteiger partial charge in [0, 0.05) is 5.41 Å². The Balaban J connectivity index is 4.33. The van der Waals surface area contributed by atoms with E-state index in [9.17, 15) is 15.0 Å². The number of rotatable bonds is 11. The average Bonchev–Trinajstić information content (AvgIpc) is 2.43. The molecule has 0 rings (SSSR count). The molecule has 3 atom stereocenters. The van der Waals surface area contributed by atoms with Crippen LogP contribution >= 0.6 is 0 Å². The fraction of sp³-hybridized carbons (Fsp3) is 0.944. The molecule has 132 valence electrons. The van der Waals surface area contributed by atoms with Gasteiger partial charge < -0.3 is 14.9 Å². The van der Waals surface area contributed by atoms with Crippen molar-refractivity contribution in [1.82, 2.24) is 0 Å². The average molecular weight is 316 g/mol. The molecule has 0 aliphatic carbocycles. The Morgan fingerprint density at radius 2 is 1.73 bits per heavy atom. The topological polar surface area (TPSA) is 66.8 Å². The Hall–Kier alpha value is -0.610. The highest BCUT2D eigenvalue weighted by Crippen LogP contribution is 2.29. The van der Waals surface area contributed by atoms with Gasteiger partial charge in [-0.05, 0) is 18.8 Å². The molecule has 3 unspecified atom stereocenters. The van der Waals surface area contributed by atoms with E-state index >= 15 is 0 Å². The molecular weight excluding hydrogens is 280 g/mol. The monoisotopic (exact) mass is 316 g/mol. The fourth-order valence-electron chi connectivity index (χ4n) is 2.59. The van der Waals surface area contributed by atoms with E-state index in [0.717, 1.165) is 25.7 Å². The lowest BCUT2D eigenvalue weighted by molar-refractivity contribution is -0.154. The molecule has 4 nitrogen and oxygen atoms in total. The van der Waals surface area contributed by atoms with E-state index in [1.807, 2.05) is 20.8 Å². The van der Waals surface area contributed by atoms with Crippen molar-refractivity contribution in [2.24, 2.45) is 17.3 Å². The first-order valence-corrected chi connectivity index (χ1v) is 8.64. The maximum absolute atomic E-state index is 11.6. The third kappa shape index (κ3) is 8.14. The number of carbonyl (C=O) groups is 1. The van der Waals surface area contributed by atoms with Gasteiger partial charge in [0.15, 0.2) is 0 Å². The minimum Gasteiger partial charge on any atom is -0.465 e. The predicted molar refractivity (Wildman–Crippen MR) is 89.5 cm³/mol. The quantitative estimate of drug-likeness (QED) is 0.452. The maximum atomic E-state index is 11.6. The molecule has 0 heterocycles. The summed E-state index contributed by atoms with van der Waals surface area (Å²) in [7, 11) is 0. The van der Waals surface area contributed by atoms with Crippen LogP contribution in [-0.2, 0) is 9.53 Å². The van der Waals surface area contributed by atoms with Crippen molar-refractivity contribution in [3.05, 3.63) is 0 Å². The van der Waals surface area contributed by atoms with Crippen LogP contribution in [0, 0.1) is 17.3 Å². The van der Waals surface area contributed by atoms with Crippen LogP contribution < -0.4 is 0 Å². The second kappa shape index (κ2) is 10.2.